The predicted octanol–water partition coefficient (Wildman–Crippen LogP) is 5.84. The molecule has 0 fully saturated rings. The minimum absolute atomic E-state index is 0.305. The highest BCUT2D eigenvalue weighted by molar-refractivity contribution is 5.87. The molecule has 6 heteroatoms. The summed E-state index contributed by atoms with van der Waals surface area (Å²) >= 11 is 0. The Morgan fingerprint density at radius 1 is 1.03 bits per heavy atom. The van der Waals surface area contributed by atoms with Crippen molar-refractivity contribution >= 4 is 17.8 Å². The summed E-state index contributed by atoms with van der Waals surface area (Å²) in [7, 11) is 0. The zero-order valence-electron chi connectivity index (χ0n) is 19.2. The van der Waals surface area contributed by atoms with E-state index in [1.807, 2.05) is 60.7 Å². The third kappa shape index (κ3) is 5.90. The molecule has 1 atom stereocenters. The standard InChI is InChI=1S/C28H28N2O4/c1-2-24(30-34-28(21-7-4-3-5-8-21)22-13-15-29-16-14-22)18-20-11-12-25-23(17-20)9-6-10-26(25)33-19-27(31)32/h3-10,13-17,28H,2,11-12,18-19H2,1H3,(H,31,32). The molecule has 0 saturated carbocycles. The van der Waals surface area contributed by atoms with Gasteiger partial charge in [0.05, 0.1) is 5.71 Å². The Kier molecular flexibility index (Phi) is 7.71. The maximum atomic E-state index is 10.9. The molecule has 4 rings (SSSR count). The number of fused-ring (bicyclic) bond motifs is 1. The molecule has 0 bridgehead atoms. The van der Waals surface area contributed by atoms with Gasteiger partial charge < -0.3 is 14.7 Å². The number of aromatic nitrogens is 1. The Morgan fingerprint density at radius 3 is 2.53 bits per heavy atom. The van der Waals surface area contributed by atoms with Gasteiger partial charge in [-0.15, -0.1) is 0 Å². The van der Waals surface area contributed by atoms with Crippen molar-refractivity contribution in [2.45, 2.75) is 38.7 Å². The summed E-state index contributed by atoms with van der Waals surface area (Å²) in [4.78, 5) is 21.1. The third-order valence-corrected chi connectivity index (χ3v) is 5.81. The van der Waals surface area contributed by atoms with Crippen molar-refractivity contribution in [2.24, 2.45) is 5.16 Å². The van der Waals surface area contributed by atoms with Gasteiger partial charge in [-0.05, 0) is 48.6 Å². The van der Waals surface area contributed by atoms with Crippen LogP contribution in [0.4, 0.5) is 0 Å². The van der Waals surface area contributed by atoms with Gasteiger partial charge >= 0.3 is 5.97 Å². The Morgan fingerprint density at radius 2 is 1.79 bits per heavy atom. The number of hydrogen-bond acceptors (Lipinski definition) is 5. The average Bonchev–Trinajstić information content (AvgIpc) is 2.88. The zero-order valence-corrected chi connectivity index (χ0v) is 19.2. The molecule has 0 spiro atoms. The van der Waals surface area contributed by atoms with Gasteiger partial charge in [-0.1, -0.05) is 66.2 Å². The number of rotatable bonds is 10. The number of carboxylic acid groups (broad SMARTS) is 1. The lowest BCUT2D eigenvalue weighted by Gasteiger charge is -2.20. The van der Waals surface area contributed by atoms with Crippen molar-refractivity contribution < 1.29 is 19.5 Å². The van der Waals surface area contributed by atoms with E-state index in [2.05, 4.69) is 23.1 Å². The molecule has 1 aromatic heterocycles. The van der Waals surface area contributed by atoms with E-state index in [9.17, 15) is 4.79 Å². The minimum atomic E-state index is -0.978. The second-order valence-corrected chi connectivity index (χ2v) is 8.17. The van der Waals surface area contributed by atoms with Crippen LogP contribution < -0.4 is 4.74 Å². The number of carboxylic acids is 1. The van der Waals surface area contributed by atoms with Gasteiger partial charge in [-0.25, -0.2) is 4.79 Å². The number of aliphatic carboxylic acids is 1. The summed E-state index contributed by atoms with van der Waals surface area (Å²) in [6, 6.07) is 19.7. The molecular weight excluding hydrogens is 428 g/mol. The van der Waals surface area contributed by atoms with E-state index in [1.165, 1.54) is 5.57 Å². The van der Waals surface area contributed by atoms with Crippen molar-refractivity contribution in [3.8, 4) is 5.75 Å². The van der Waals surface area contributed by atoms with Gasteiger partial charge in [0, 0.05) is 29.9 Å². The topological polar surface area (TPSA) is 81.0 Å². The molecule has 0 saturated heterocycles. The van der Waals surface area contributed by atoms with Crippen molar-refractivity contribution in [1.29, 1.82) is 0 Å². The highest BCUT2D eigenvalue weighted by atomic mass is 16.6. The van der Waals surface area contributed by atoms with Crippen LogP contribution in [0.1, 0.15) is 54.5 Å². The number of oxime groups is 1. The molecule has 1 aliphatic carbocycles. The van der Waals surface area contributed by atoms with Gasteiger partial charge in [0.1, 0.15) is 5.75 Å². The maximum Gasteiger partial charge on any atom is 0.341 e. The van der Waals surface area contributed by atoms with Gasteiger partial charge in [0.15, 0.2) is 12.7 Å². The average molecular weight is 457 g/mol. The molecule has 34 heavy (non-hydrogen) atoms. The molecule has 0 radical (unpaired) electrons. The number of carbonyl (C=O) groups is 1. The molecule has 1 heterocycles. The van der Waals surface area contributed by atoms with Crippen LogP contribution in [0.3, 0.4) is 0 Å². The number of pyridine rings is 1. The van der Waals surface area contributed by atoms with Gasteiger partial charge in [-0.2, -0.15) is 0 Å². The molecule has 2 aromatic carbocycles. The fourth-order valence-electron chi connectivity index (χ4n) is 4.07. The van der Waals surface area contributed by atoms with Crippen LogP contribution in [0.15, 0.2) is 83.8 Å². The molecule has 3 aromatic rings. The lowest BCUT2D eigenvalue weighted by atomic mass is 9.89. The summed E-state index contributed by atoms with van der Waals surface area (Å²) in [6.45, 7) is 1.75. The molecule has 174 valence electrons. The summed E-state index contributed by atoms with van der Waals surface area (Å²) < 4.78 is 5.48. The lowest BCUT2D eigenvalue weighted by Crippen LogP contribution is -2.12. The first-order chi connectivity index (χ1) is 16.6. The van der Waals surface area contributed by atoms with Gasteiger partial charge in [-0.3, -0.25) is 4.98 Å². The van der Waals surface area contributed by atoms with E-state index in [1.54, 1.807) is 12.4 Å². The number of benzene rings is 2. The Hall–Kier alpha value is -3.93. The van der Waals surface area contributed by atoms with Crippen LogP contribution in [-0.4, -0.2) is 28.4 Å². The van der Waals surface area contributed by atoms with Gasteiger partial charge in [0.2, 0.25) is 0 Å². The Labute approximate surface area is 199 Å². The van der Waals surface area contributed by atoms with Crippen LogP contribution in [-0.2, 0) is 16.1 Å². The molecule has 1 unspecified atom stereocenters. The molecule has 0 amide bonds. The number of allylic oxidation sites excluding steroid dienone is 1. The third-order valence-electron chi connectivity index (χ3n) is 5.81. The Balaban J connectivity index is 1.51. The lowest BCUT2D eigenvalue weighted by molar-refractivity contribution is -0.139. The van der Waals surface area contributed by atoms with Gasteiger partial charge in [0.25, 0.3) is 0 Å². The fourth-order valence-corrected chi connectivity index (χ4v) is 4.07. The van der Waals surface area contributed by atoms with Crippen LogP contribution in [0.2, 0.25) is 0 Å². The minimum Gasteiger partial charge on any atom is -0.482 e. The van der Waals surface area contributed by atoms with Crippen LogP contribution in [0, 0.1) is 0 Å². The summed E-state index contributed by atoms with van der Waals surface area (Å²) in [5.41, 5.74) is 6.41. The normalized spacial score (nSPS) is 14.0. The van der Waals surface area contributed by atoms with Crippen LogP contribution in [0.25, 0.3) is 6.08 Å². The quantitative estimate of drug-likeness (QED) is 0.306. The number of ether oxygens (including phenoxy) is 1. The van der Waals surface area contributed by atoms with E-state index < -0.39 is 5.97 Å². The second kappa shape index (κ2) is 11.3. The predicted molar refractivity (Wildman–Crippen MR) is 132 cm³/mol. The molecule has 0 aliphatic heterocycles. The SMILES string of the molecule is CCC(CC1=Cc2cccc(OCC(=O)O)c2CC1)=NOC(c1ccccc1)c1ccncc1. The van der Waals surface area contributed by atoms with Crippen molar-refractivity contribution in [3.05, 3.63) is 101 Å². The molecular formula is C28H28N2O4. The molecule has 1 N–H and O–H groups in total. The van der Waals surface area contributed by atoms with E-state index in [-0.39, 0.29) is 12.7 Å². The first kappa shape index (κ1) is 23.2. The van der Waals surface area contributed by atoms with E-state index in [4.69, 9.17) is 14.7 Å². The molecule has 1 aliphatic rings. The number of nitrogens with zero attached hydrogens (tertiary/aromatic N) is 2. The monoisotopic (exact) mass is 456 g/mol. The largest absolute Gasteiger partial charge is 0.482 e. The highest BCUT2D eigenvalue weighted by Gasteiger charge is 2.18. The second-order valence-electron chi connectivity index (χ2n) is 8.17. The first-order valence-corrected chi connectivity index (χ1v) is 11.5. The smallest absolute Gasteiger partial charge is 0.341 e. The summed E-state index contributed by atoms with van der Waals surface area (Å²) in [5.74, 6) is -0.333. The highest BCUT2D eigenvalue weighted by Crippen LogP contribution is 2.33. The Bertz CT molecular complexity index is 1130. The van der Waals surface area contributed by atoms with E-state index >= 15 is 0 Å². The summed E-state index contributed by atoms with van der Waals surface area (Å²) in [5, 5.41) is 13.5. The molecule has 6 nitrogen and oxygen atoms in total. The van der Waals surface area contributed by atoms with Crippen molar-refractivity contribution in [1.82, 2.24) is 4.98 Å². The van der Waals surface area contributed by atoms with Crippen LogP contribution in [0.5, 0.6) is 5.75 Å². The van der Waals surface area contributed by atoms with Crippen LogP contribution >= 0.6 is 0 Å². The zero-order chi connectivity index (χ0) is 23.8. The van der Waals surface area contributed by atoms with E-state index in [0.717, 1.165) is 53.6 Å². The maximum absolute atomic E-state index is 10.9. The van der Waals surface area contributed by atoms with Crippen molar-refractivity contribution in [2.75, 3.05) is 6.61 Å². The number of hydrogen-bond donors (Lipinski definition) is 1. The van der Waals surface area contributed by atoms with E-state index in [0.29, 0.717) is 5.75 Å². The fraction of sp³-hybridized carbons (Fsp3) is 0.250. The summed E-state index contributed by atoms with van der Waals surface area (Å²) in [6.07, 6.45) is 8.56. The first-order valence-electron chi connectivity index (χ1n) is 11.5. The van der Waals surface area contributed by atoms with Crippen molar-refractivity contribution in [3.63, 3.8) is 0 Å².